The van der Waals surface area contributed by atoms with Crippen molar-refractivity contribution in [3.8, 4) is 5.75 Å². The van der Waals surface area contributed by atoms with Crippen molar-refractivity contribution in [1.29, 1.82) is 0 Å². The van der Waals surface area contributed by atoms with Crippen molar-refractivity contribution in [2.75, 3.05) is 13.7 Å². The Morgan fingerprint density at radius 1 is 1.53 bits per heavy atom. The van der Waals surface area contributed by atoms with Crippen LogP contribution in [-0.4, -0.2) is 24.7 Å². The molecule has 0 aliphatic rings. The van der Waals surface area contributed by atoms with Crippen LogP contribution in [0.5, 0.6) is 5.75 Å². The summed E-state index contributed by atoms with van der Waals surface area (Å²) in [5.41, 5.74) is -1.74. The molecule has 0 bridgehead atoms. The molecule has 17 heavy (non-hydrogen) atoms. The number of hydrogen-bond donors (Lipinski definition) is 0. The Kier molecular flexibility index (Phi) is 4.30. The highest BCUT2D eigenvalue weighted by molar-refractivity contribution is 5.94. The van der Waals surface area contributed by atoms with E-state index in [0.29, 0.717) is 0 Å². The third-order valence-corrected chi connectivity index (χ3v) is 1.95. The molecule has 1 aromatic heterocycles. The van der Waals surface area contributed by atoms with Gasteiger partial charge in [-0.15, -0.1) is 0 Å². The van der Waals surface area contributed by atoms with Gasteiger partial charge in [0, 0.05) is 0 Å². The summed E-state index contributed by atoms with van der Waals surface area (Å²) < 4.78 is 47.8. The maximum Gasteiger partial charge on any atom is 0.342 e. The molecule has 0 N–H and O–H groups in total. The molecular weight excluding hydrogens is 239 g/mol. The number of aromatic nitrogens is 1. The minimum atomic E-state index is -3.18. The van der Waals surface area contributed by atoms with Crippen molar-refractivity contribution >= 4 is 5.97 Å². The lowest BCUT2D eigenvalue weighted by Gasteiger charge is -2.12. The quantitative estimate of drug-likeness (QED) is 0.607. The summed E-state index contributed by atoms with van der Waals surface area (Å²) in [6.45, 7) is 1.48. The molecular formula is C10H10F3NO3. The fraction of sp³-hybridized carbons (Fsp3) is 0.400. The molecule has 0 fully saturated rings. The average molecular weight is 249 g/mol. The van der Waals surface area contributed by atoms with Crippen LogP contribution in [0.15, 0.2) is 6.20 Å². The Bertz CT molecular complexity index is 424. The molecule has 0 amide bonds. The first-order valence-electron chi connectivity index (χ1n) is 4.70. The van der Waals surface area contributed by atoms with Crippen molar-refractivity contribution in [3.05, 3.63) is 23.3 Å². The number of alkyl halides is 2. The van der Waals surface area contributed by atoms with Gasteiger partial charge < -0.3 is 9.47 Å². The maximum absolute atomic E-state index is 13.2. The van der Waals surface area contributed by atoms with E-state index in [1.165, 1.54) is 6.92 Å². The summed E-state index contributed by atoms with van der Waals surface area (Å²) in [6.07, 6.45) is -2.33. The second-order valence-corrected chi connectivity index (χ2v) is 2.93. The van der Waals surface area contributed by atoms with Gasteiger partial charge in [0.1, 0.15) is 5.56 Å². The number of hydrogen-bond acceptors (Lipinski definition) is 4. The molecule has 0 radical (unpaired) electrons. The Balaban J connectivity index is 3.40. The number of esters is 1. The number of nitrogens with zero attached hydrogens (tertiary/aromatic N) is 1. The van der Waals surface area contributed by atoms with Crippen molar-refractivity contribution in [2.45, 2.75) is 13.3 Å². The molecule has 0 saturated heterocycles. The summed E-state index contributed by atoms with van der Waals surface area (Å²) >= 11 is 0. The Morgan fingerprint density at radius 3 is 2.65 bits per heavy atom. The zero-order valence-electron chi connectivity index (χ0n) is 9.17. The van der Waals surface area contributed by atoms with Crippen molar-refractivity contribution in [3.63, 3.8) is 0 Å². The summed E-state index contributed by atoms with van der Waals surface area (Å²) in [6, 6.07) is 0. The van der Waals surface area contributed by atoms with E-state index < -0.39 is 29.5 Å². The number of pyridine rings is 1. The van der Waals surface area contributed by atoms with Gasteiger partial charge in [-0.05, 0) is 6.92 Å². The zero-order valence-corrected chi connectivity index (χ0v) is 9.17. The van der Waals surface area contributed by atoms with E-state index in [1.54, 1.807) is 0 Å². The van der Waals surface area contributed by atoms with Crippen LogP contribution < -0.4 is 4.74 Å². The molecule has 4 nitrogen and oxygen atoms in total. The third kappa shape index (κ3) is 2.66. The molecule has 0 aliphatic carbocycles. The number of carbonyl (C=O) groups is 1. The lowest BCUT2D eigenvalue weighted by Crippen LogP contribution is -2.13. The fourth-order valence-corrected chi connectivity index (χ4v) is 1.25. The van der Waals surface area contributed by atoms with Gasteiger partial charge in [-0.25, -0.2) is 18.6 Å². The Hall–Kier alpha value is -1.79. The first kappa shape index (κ1) is 13.3. The van der Waals surface area contributed by atoms with Crippen molar-refractivity contribution < 1.29 is 27.4 Å². The summed E-state index contributed by atoms with van der Waals surface area (Å²) in [5.74, 6) is -2.73. The van der Waals surface area contributed by atoms with E-state index in [2.05, 4.69) is 9.72 Å². The fourth-order valence-electron chi connectivity index (χ4n) is 1.25. The molecule has 1 rings (SSSR count). The normalized spacial score (nSPS) is 10.5. The van der Waals surface area contributed by atoms with E-state index in [0.717, 1.165) is 13.3 Å². The smallest absolute Gasteiger partial charge is 0.342 e. The molecule has 0 saturated carbocycles. The zero-order chi connectivity index (χ0) is 13.0. The minimum Gasteiger partial charge on any atom is -0.494 e. The molecule has 0 spiro atoms. The molecule has 1 aromatic rings. The van der Waals surface area contributed by atoms with Crippen LogP contribution in [0.3, 0.4) is 0 Å². The second kappa shape index (κ2) is 5.51. The number of rotatable bonds is 4. The van der Waals surface area contributed by atoms with Gasteiger partial charge in [-0.3, -0.25) is 0 Å². The summed E-state index contributed by atoms with van der Waals surface area (Å²) in [4.78, 5) is 14.6. The summed E-state index contributed by atoms with van der Waals surface area (Å²) in [7, 11) is 1.16. The Labute approximate surface area is 95.4 Å². The standard InChI is InChI=1S/C10H10F3NO3/c1-3-17-10(15)6-5(16-2)4-14-9(13)7(6)8(11)12/h4,8H,3H2,1-2H3. The van der Waals surface area contributed by atoms with Crippen LogP contribution in [-0.2, 0) is 4.74 Å². The van der Waals surface area contributed by atoms with Crippen LogP contribution in [0.25, 0.3) is 0 Å². The van der Waals surface area contributed by atoms with E-state index in [-0.39, 0.29) is 12.4 Å². The van der Waals surface area contributed by atoms with Gasteiger partial charge in [0.2, 0.25) is 5.95 Å². The van der Waals surface area contributed by atoms with Crippen LogP contribution >= 0.6 is 0 Å². The average Bonchev–Trinajstić information content (AvgIpc) is 2.28. The molecule has 0 unspecified atom stereocenters. The van der Waals surface area contributed by atoms with Gasteiger partial charge >= 0.3 is 5.97 Å². The molecule has 0 aliphatic heterocycles. The molecule has 94 valence electrons. The van der Waals surface area contributed by atoms with Gasteiger partial charge in [0.05, 0.1) is 25.5 Å². The number of methoxy groups -OCH3 is 1. The highest BCUT2D eigenvalue weighted by Crippen LogP contribution is 2.31. The highest BCUT2D eigenvalue weighted by Gasteiger charge is 2.28. The predicted molar refractivity (Wildman–Crippen MR) is 51.7 cm³/mol. The number of carbonyl (C=O) groups excluding carboxylic acids is 1. The van der Waals surface area contributed by atoms with Crippen LogP contribution in [0.2, 0.25) is 0 Å². The van der Waals surface area contributed by atoms with Gasteiger partial charge in [-0.2, -0.15) is 4.39 Å². The van der Waals surface area contributed by atoms with Gasteiger partial charge in [-0.1, -0.05) is 0 Å². The molecule has 1 heterocycles. The van der Waals surface area contributed by atoms with E-state index in [4.69, 9.17) is 4.74 Å². The SMILES string of the molecule is CCOC(=O)c1c(OC)cnc(F)c1C(F)F. The highest BCUT2D eigenvalue weighted by atomic mass is 19.3. The Morgan fingerprint density at radius 2 is 2.18 bits per heavy atom. The van der Waals surface area contributed by atoms with Crippen molar-refractivity contribution in [2.24, 2.45) is 0 Å². The van der Waals surface area contributed by atoms with Gasteiger partial charge in [0.25, 0.3) is 6.43 Å². The predicted octanol–water partition coefficient (Wildman–Crippen LogP) is 2.34. The lowest BCUT2D eigenvalue weighted by atomic mass is 10.1. The van der Waals surface area contributed by atoms with E-state index >= 15 is 0 Å². The van der Waals surface area contributed by atoms with Crippen LogP contribution in [0, 0.1) is 5.95 Å². The first-order valence-corrected chi connectivity index (χ1v) is 4.70. The number of halogens is 3. The maximum atomic E-state index is 13.2. The third-order valence-electron chi connectivity index (χ3n) is 1.95. The monoisotopic (exact) mass is 249 g/mol. The van der Waals surface area contributed by atoms with E-state index in [1.807, 2.05) is 0 Å². The molecule has 0 aromatic carbocycles. The second-order valence-electron chi connectivity index (χ2n) is 2.93. The topological polar surface area (TPSA) is 48.4 Å². The van der Waals surface area contributed by atoms with Crippen LogP contribution in [0.1, 0.15) is 29.3 Å². The lowest BCUT2D eigenvalue weighted by molar-refractivity contribution is 0.0508. The minimum absolute atomic E-state index is 0.0192. The van der Waals surface area contributed by atoms with Crippen LogP contribution in [0.4, 0.5) is 13.2 Å². The molecule has 0 atom stereocenters. The van der Waals surface area contributed by atoms with Gasteiger partial charge in [0.15, 0.2) is 5.75 Å². The van der Waals surface area contributed by atoms with E-state index in [9.17, 15) is 18.0 Å². The summed E-state index contributed by atoms with van der Waals surface area (Å²) in [5, 5.41) is 0. The molecule has 7 heteroatoms. The largest absolute Gasteiger partial charge is 0.494 e. The van der Waals surface area contributed by atoms with Crippen molar-refractivity contribution in [1.82, 2.24) is 4.98 Å². The number of ether oxygens (including phenoxy) is 2. The first-order chi connectivity index (χ1) is 8.02.